The molecule has 0 amide bonds. The van der Waals surface area contributed by atoms with E-state index in [0.29, 0.717) is 6.04 Å². The molecule has 3 rings (SSSR count). The van der Waals surface area contributed by atoms with Crippen molar-refractivity contribution in [2.24, 2.45) is 5.73 Å². The Morgan fingerprint density at radius 1 is 1.38 bits per heavy atom. The number of nitrogens with zero attached hydrogens (tertiary/aromatic N) is 1. The molecule has 0 bridgehead atoms. The summed E-state index contributed by atoms with van der Waals surface area (Å²) in [5.41, 5.74) is 8.61. The summed E-state index contributed by atoms with van der Waals surface area (Å²) in [5.74, 6) is 1.01. The molecular weight excluding hydrogens is 328 g/mol. The van der Waals surface area contributed by atoms with E-state index >= 15 is 0 Å². The fourth-order valence-electron chi connectivity index (χ4n) is 2.71. The normalized spacial score (nSPS) is 16.0. The summed E-state index contributed by atoms with van der Waals surface area (Å²) >= 11 is 3.57. The van der Waals surface area contributed by atoms with Crippen LogP contribution in [0.3, 0.4) is 0 Å². The third kappa shape index (κ3) is 3.69. The maximum Gasteiger partial charge on any atom is 0.123 e. The molecule has 1 aromatic heterocycles. The van der Waals surface area contributed by atoms with Crippen LogP contribution in [0.5, 0.6) is 0 Å². The Kier molecular flexibility index (Phi) is 4.36. The zero-order valence-electron chi connectivity index (χ0n) is 12.3. The Bertz CT molecular complexity index is 591. The van der Waals surface area contributed by atoms with Gasteiger partial charge in [0.15, 0.2) is 0 Å². The van der Waals surface area contributed by atoms with E-state index in [1.807, 2.05) is 12.1 Å². The number of benzene rings is 1. The van der Waals surface area contributed by atoms with Gasteiger partial charge in [0, 0.05) is 22.2 Å². The molecule has 21 heavy (non-hydrogen) atoms. The fourth-order valence-corrected chi connectivity index (χ4v) is 3.12. The van der Waals surface area contributed by atoms with Crippen molar-refractivity contribution in [1.82, 2.24) is 0 Å². The minimum absolute atomic E-state index is 0.155. The molecule has 2 aromatic rings. The number of hydrogen-bond acceptors (Lipinski definition) is 3. The molecule has 1 unspecified atom stereocenters. The summed E-state index contributed by atoms with van der Waals surface area (Å²) in [4.78, 5) is 2.46. The van der Waals surface area contributed by atoms with Crippen LogP contribution in [-0.2, 0) is 13.0 Å². The lowest BCUT2D eigenvalue weighted by Gasteiger charge is -2.27. The summed E-state index contributed by atoms with van der Waals surface area (Å²) in [7, 11) is 0. The van der Waals surface area contributed by atoms with Gasteiger partial charge in [0.05, 0.1) is 12.8 Å². The van der Waals surface area contributed by atoms with Crippen molar-refractivity contribution in [2.45, 2.75) is 44.8 Å². The molecule has 1 saturated carbocycles. The average Bonchev–Trinajstić information content (AvgIpc) is 3.14. The van der Waals surface area contributed by atoms with Crippen molar-refractivity contribution in [1.29, 1.82) is 0 Å². The lowest BCUT2D eigenvalue weighted by molar-refractivity contribution is 0.501. The van der Waals surface area contributed by atoms with E-state index in [2.05, 4.69) is 46.0 Å². The van der Waals surface area contributed by atoms with E-state index in [4.69, 9.17) is 10.2 Å². The second-order valence-corrected chi connectivity index (χ2v) is 6.81. The monoisotopic (exact) mass is 348 g/mol. The second-order valence-electron chi connectivity index (χ2n) is 5.89. The van der Waals surface area contributed by atoms with Gasteiger partial charge in [-0.3, -0.25) is 0 Å². The predicted molar refractivity (Wildman–Crippen MR) is 89.4 cm³/mol. The minimum atomic E-state index is 0.155. The summed E-state index contributed by atoms with van der Waals surface area (Å²) < 4.78 is 6.64. The van der Waals surface area contributed by atoms with Gasteiger partial charge < -0.3 is 15.1 Å². The highest BCUT2D eigenvalue weighted by molar-refractivity contribution is 9.10. The van der Waals surface area contributed by atoms with Gasteiger partial charge in [-0.05, 0) is 62.1 Å². The van der Waals surface area contributed by atoms with E-state index < -0.39 is 0 Å². The molecule has 1 aliphatic rings. The maximum absolute atomic E-state index is 6.02. The van der Waals surface area contributed by atoms with Crippen LogP contribution in [0.25, 0.3) is 0 Å². The Morgan fingerprint density at radius 3 is 2.81 bits per heavy atom. The van der Waals surface area contributed by atoms with Crippen LogP contribution in [0.4, 0.5) is 5.69 Å². The highest BCUT2D eigenvalue weighted by Crippen LogP contribution is 2.36. The molecule has 1 atom stereocenters. The molecule has 4 heteroatoms. The molecule has 0 saturated heterocycles. The second kappa shape index (κ2) is 6.24. The molecule has 1 aromatic carbocycles. The van der Waals surface area contributed by atoms with Crippen LogP contribution in [0.2, 0.25) is 0 Å². The van der Waals surface area contributed by atoms with E-state index in [9.17, 15) is 0 Å². The SMILES string of the molecule is CC(N)Cc1cc(Br)ccc1N(Cc1ccco1)C1CC1. The van der Waals surface area contributed by atoms with Crippen LogP contribution in [0, 0.1) is 0 Å². The molecule has 1 aliphatic carbocycles. The summed E-state index contributed by atoms with van der Waals surface area (Å²) in [6, 6.07) is 11.3. The van der Waals surface area contributed by atoms with Crippen LogP contribution in [-0.4, -0.2) is 12.1 Å². The van der Waals surface area contributed by atoms with Gasteiger partial charge in [-0.15, -0.1) is 0 Å². The first-order chi connectivity index (χ1) is 10.1. The van der Waals surface area contributed by atoms with Crippen molar-refractivity contribution in [3.63, 3.8) is 0 Å². The summed E-state index contributed by atoms with van der Waals surface area (Å²) in [6.07, 6.45) is 5.14. The first kappa shape index (κ1) is 14.7. The van der Waals surface area contributed by atoms with E-state index in [0.717, 1.165) is 23.2 Å². The van der Waals surface area contributed by atoms with Gasteiger partial charge in [0.1, 0.15) is 5.76 Å². The van der Waals surface area contributed by atoms with Crippen LogP contribution in [0.15, 0.2) is 45.5 Å². The van der Waals surface area contributed by atoms with Crippen molar-refractivity contribution in [3.8, 4) is 0 Å². The Hall–Kier alpha value is -1.26. The topological polar surface area (TPSA) is 42.4 Å². The van der Waals surface area contributed by atoms with Gasteiger partial charge in [-0.1, -0.05) is 15.9 Å². The number of nitrogens with two attached hydrogens (primary N) is 1. The quantitative estimate of drug-likeness (QED) is 0.854. The van der Waals surface area contributed by atoms with Gasteiger partial charge in [-0.25, -0.2) is 0 Å². The van der Waals surface area contributed by atoms with Crippen molar-refractivity contribution >= 4 is 21.6 Å². The number of rotatable bonds is 6. The molecule has 0 spiro atoms. The molecule has 2 N–H and O–H groups in total. The molecular formula is C17H21BrN2O. The molecule has 0 aliphatic heterocycles. The molecule has 1 fully saturated rings. The number of hydrogen-bond donors (Lipinski definition) is 1. The first-order valence-electron chi connectivity index (χ1n) is 7.46. The summed E-state index contributed by atoms with van der Waals surface area (Å²) in [5, 5.41) is 0. The zero-order valence-corrected chi connectivity index (χ0v) is 13.8. The Balaban J connectivity index is 1.91. The minimum Gasteiger partial charge on any atom is -0.467 e. The molecule has 112 valence electrons. The van der Waals surface area contributed by atoms with Crippen molar-refractivity contribution in [3.05, 3.63) is 52.4 Å². The van der Waals surface area contributed by atoms with Crippen LogP contribution < -0.4 is 10.6 Å². The Labute approximate surface area is 134 Å². The smallest absolute Gasteiger partial charge is 0.123 e. The van der Waals surface area contributed by atoms with Gasteiger partial charge >= 0.3 is 0 Å². The Morgan fingerprint density at radius 2 is 2.19 bits per heavy atom. The van der Waals surface area contributed by atoms with Crippen molar-refractivity contribution in [2.75, 3.05) is 4.90 Å². The molecule has 3 nitrogen and oxygen atoms in total. The van der Waals surface area contributed by atoms with Gasteiger partial charge in [0.2, 0.25) is 0 Å². The van der Waals surface area contributed by atoms with Crippen molar-refractivity contribution < 1.29 is 4.42 Å². The molecule has 1 heterocycles. The van der Waals surface area contributed by atoms with E-state index in [1.165, 1.54) is 24.1 Å². The number of anilines is 1. The lowest BCUT2D eigenvalue weighted by Crippen LogP contribution is -2.27. The number of furan rings is 1. The van der Waals surface area contributed by atoms with Crippen LogP contribution >= 0.6 is 15.9 Å². The molecule has 0 radical (unpaired) electrons. The van der Waals surface area contributed by atoms with Gasteiger partial charge in [0.25, 0.3) is 0 Å². The predicted octanol–water partition coefficient (Wildman–Crippen LogP) is 4.10. The first-order valence-corrected chi connectivity index (χ1v) is 8.26. The van der Waals surface area contributed by atoms with E-state index in [-0.39, 0.29) is 6.04 Å². The summed E-state index contributed by atoms with van der Waals surface area (Å²) in [6.45, 7) is 2.88. The van der Waals surface area contributed by atoms with E-state index in [1.54, 1.807) is 6.26 Å². The van der Waals surface area contributed by atoms with Crippen LogP contribution in [0.1, 0.15) is 31.1 Å². The largest absolute Gasteiger partial charge is 0.467 e. The highest BCUT2D eigenvalue weighted by atomic mass is 79.9. The zero-order chi connectivity index (χ0) is 14.8. The number of halogens is 1. The standard InChI is InChI=1S/C17H21BrN2O/c1-12(19)9-13-10-14(18)4-7-17(13)20(15-5-6-15)11-16-3-2-8-21-16/h2-4,7-8,10,12,15H,5-6,9,11,19H2,1H3. The third-order valence-corrected chi connectivity index (χ3v) is 4.28. The lowest BCUT2D eigenvalue weighted by atomic mass is 10.0. The maximum atomic E-state index is 6.02. The fraction of sp³-hybridized carbons (Fsp3) is 0.412. The highest BCUT2D eigenvalue weighted by Gasteiger charge is 2.31. The third-order valence-electron chi connectivity index (χ3n) is 3.79. The van der Waals surface area contributed by atoms with Gasteiger partial charge in [-0.2, -0.15) is 0 Å². The average molecular weight is 349 g/mol.